The van der Waals surface area contributed by atoms with Gasteiger partial charge in [0.1, 0.15) is 17.1 Å². The maximum absolute atomic E-state index is 12.5. The van der Waals surface area contributed by atoms with E-state index in [1.807, 2.05) is 0 Å². The van der Waals surface area contributed by atoms with E-state index >= 15 is 0 Å². The van der Waals surface area contributed by atoms with Crippen LogP contribution in [0.4, 0.5) is 4.79 Å². The van der Waals surface area contributed by atoms with Crippen molar-refractivity contribution < 1.29 is 29.0 Å². The summed E-state index contributed by atoms with van der Waals surface area (Å²) in [6.45, 7) is 2.02. The quantitative estimate of drug-likeness (QED) is 0.670. The van der Waals surface area contributed by atoms with Gasteiger partial charge in [-0.2, -0.15) is 0 Å². The van der Waals surface area contributed by atoms with Crippen LogP contribution in [0.15, 0.2) is 48.5 Å². The van der Waals surface area contributed by atoms with Crippen LogP contribution < -0.4 is 15.4 Å². The number of phenolic OH excluding ortho intramolecular Hbond substituents is 1. The van der Waals surface area contributed by atoms with Crippen molar-refractivity contribution in [3.63, 3.8) is 0 Å². The van der Waals surface area contributed by atoms with Crippen LogP contribution in [0.1, 0.15) is 28.9 Å². The van der Waals surface area contributed by atoms with Gasteiger partial charge in [-0.05, 0) is 25.1 Å². The fourth-order valence-electron chi connectivity index (χ4n) is 2.26. The Bertz CT molecular complexity index is 822. The monoisotopic (exact) mass is 372 g/mol. The summed E-state index contributed by atoms with van der Waals surface area (Å²) >= 11 is 0. The number of carbonyl (C=O) groups excluding carboxylic acids is 3. The molecule has 0 aliphatic heterocycles. The van der Waals surface area contributed by atoms with Gasteiger partial charge in [-0.1, -0.05) is 30.3 Å². The van der Waals surface area contributed by atoms with Crippen molar-refractivity contribution in [1.29, 1.82) is 0 Å². The molecule has 0 aromatic heterocycles. The predicted octanol–water partition coefficient (Wildman–Crippen LogP) is 2.14. The molecule has 0 unspecified atom stereocenters. The number of esters is 1. The number of phenols is 1. The number of benzene rings is 2. The molecule has 1 atom stereocenters. The molecule has 2 aromatic carbocycles. The van der Waals surface area contributed by atoms with Gasteiger partial charge in [0, 0.05) is 12.1 Å². The number of rotatable bonds is 6. The molecule has 0 heterocycles. The first-order valence-corrected chi connectivity index (χ1v) is 8.17. The lowest BCUT2D eigenvalue weighted by molar-refractivity contribution is -0.129. The molecule has 142 valence electrons. The van der Waals surface area contributed by atoms with Crippen molar-refractivity contribution in [2.24, 2.45) is 0 Å². The SMILES string of the molecule is CCNC(=O)NC(=O)[C@H](OC(=O)c1cc(OC)ccc1O)c1ccccc1. The van der Waals surface area contributed by atoms with Gasteiger partial charge in [-0.25, -0.2) is 9.59 Å². The van der Waals surface area contributed by atoms with E-state index in [0.717, 1.165) is 0 Å². The second-order valence-electron chi connectivity index (χ2n) is 5.43. The molecule has 0 bridgehead atoms. The molecule has 2 rings (SSSR count). The van der Waals surface area contributed by atoms with Crippen molar-refractivity contribution >= 4 is 17.9 Å². The average Bonchev–Trinajstić information content (AvgIpc) is 2.67. The number of methoxy groups -OCH3 is 1. The van der Waals surface area contributed by atoms with Gasteiger partial charge in [0.25, 0.3) is 5.91 Å². The van der Waals surface area contributed by atoms with Gasteiger partial charge < -0.3 is 19.9 Å². The normalized spacial score (nSPS) is 11.2. The van der Waals surface area contributed by atoms with E-state index in [-0.39, 0.29) is 11.3 Å². The third-order valence-corrected chi connectivity index (χ3v) is 3.56. The Hall–Kier alpha value is -3.55. The molecule has 0 fully saturated rings. The third-order valence-electron chi connectivity index (χ3n) is 3.56. The molecule has 0 spiro atoms. The Morgan fingerprint density at radius 3 is 2.44 bits per heavy atom. The Morgan fingerprint density at radius 2 is 1.81 bits per heavy atom. The Kier molecular flexibility index (Phi) is 6.76. The minimum absolute atomic E-state index is 0.166. The number of ether oxygens (including phenoxy) is 2. The molecule has 8 nitrogen and oxygen atoms in total. The fraction of sp³-hybridized carbons (Fsp3) is 0.211. The topological polar surface area (TPSA) is 114 Å². The zero-order valence-electron chi connectivity index (χ0n) is 14.9. The van der Waals surface area contributed by atoms with Crippen LogP contribution in [-0.4, -0.2) is 36.7 Å². The number of carbonyl (C=O) groups is 3. The van der Waals surface area contributed by atoms with E-state index in [9.17, 15) is 19.5 Å². The summed E-state index contributed by atoms with van der Waals surface area (Å²) < 4.78 is 10.3. The second kappa shape index (κ2) is 9.23. The van der Waals surface area contributed by atoms with Gasteiger partial charge in [0.15, 0.2) is 0 Å². The minimum Gasteiger partial charge on any atom is -0.507 e. The molecule has 8 heteroatoms. The van der Waals surface area contributed by atoms with Crippen LogP contribution in [0.5, 0.6) is 11.5 Å². The standard InChI is InChI=1S/C19H20N2O6/c1-3-20-19(25)21-17(23)16(12-7-5-4-6-8-12)27-18(24)14-11-13(26-2)9-10-15(14)22/h4-11,16,22H,3H2,1-2H3,(H2,20,21,23,25)/t16-/m1/s1. The first-order valence-electron chi connectivity index (χ1n) is 8.17. The molecule has 0 aliphatic rings. The number of nitrogens with one attached hydrogen (secondary N) is 2. The average molecular weight is 372 g/mol. The number of imide groups is 1. The van der Waals surface area contributed by atoms with Crippen molar-refractivity contribution in [2.45, 2.75) is 13.0 Å². The summed E-state index contributed by atoms with van der Waals surface area (Å²) in [6, 6.07) is 11.6. The number of amides is 3. The van der Waals surface area contributed by atoms with E-state index < -0.39 is 24.0 Å². The zero-order chi connectivity index (χ0) is 19.8. The van der Waals surface area contributed by atoms with Crippen LogP contribution in [0.25, 0.3) is 0 Å². The highest BCUT2D eigenvalue weighted by molar-refractivity contribution is 5.99. The van der Waals surface area contributed by atoms with E-state index in [0.29, 0.717) is 17.9 Å². The van der Waals surface area contributed by atoms with Crippen LogP contribution >= 0.6 is 0 Å². The van der Waals surface area contributed by atoms with Gasteiger partial charge in [-0.3, -0.25) is 10.1 Å². The second-order valence-corrected chi connectivity index (χ2v) is 5.43. The van der Waals surface area contributed by atoms with Crippen LogP contribution in [0.2, 0.25) is 0 Å². The highest BCUT2D eigenvalue weighted by Crippen LogP contribution is 2.26. The maximum atomic E-state index is 12.5. The van der Waals surface area contributed by atoms with Crippen LogP contribution in [-0.2, 0) is 9.53 Å². The highest BCUT2D eigenvalue weighted by atomic mass is 16.5. The summed E-state index contributed by atoms with van der Waals surface area (Å²) in [7, 11) is 1.41. The van der Waals surface area contributed by atoms with Gasteiger partial charge in [-0.15, -0.1) is 0 Å². The molecular weight excluding hydrogens is 352 g/mol. The van der Waals surface area contributed by atoms with Gasteiger partial charge >= 0.3 is 12.0 Å². The Balaban J connectivity index is 2.28. The number of hydrogen-bond donors (Lipinski definition) is 3. The lowest BCUT2D eigenvalue weighted by atomic mass is 10.1. The minimum atomic E-state index is -1.38. The Morgan fingerprint density at radius 1 is 1.11 bits per heavy atom. The van der Waals surface area contributed by atoms with Crippen molar-refractivity contribution in [3.05, 3.63) is 59.7 Å². The molecule has 0 saturated heterocycles. The summed E-state index contributed by atoms with van der Waals surface area (Å²) in [5, 5.41) is 14.5. The molecule has 0 aliphatic carbocycles. The lowest BCUT2D eigenvalue weighted by Crippen LogP contribution is -2.42. The van der Waals surface area contributed by atoms with Gasteiger partial charge in [0.2, 0.25) is 6.10 Å². The molecular formula is C19H20N2O6. The first kappa shape index (κ1) is 19.8. The number of hydrogen-bond acceptors (Lipinski definition) is 6. The molecule has 3 amide bonds. The molecule has 0 saturated carbocycles. The van der Waals surface area contributed by atoms with Crippen molar-refractivity contribution in [3.8, 4) is 11.5 Å². The predicted molar refractivity (Wildman–Crippen MR) is 96.5 cm³/mol. The molecule has 2 aromatic rings. The van der Waals surface area contributed by atoms with Crippen LogP contribution in [0, 0.1) is 0 Å². The summed E-state index contributed by atoms with van der Waals surface area (Å²) in [4.78, 5) is 36.6. The van der Waals surface area contributed by atoms with E-state index in [1.54, 1.807) is 37.3 Å². The molecule has 27 heavy (non-hydrogen) atoms. The third kappa shape index (κ3) is 5.21. The first-order chi connectivity index (χ1) is 13.0. The van der Waals surface area contributed by atoms with E-state index in [2.05, 4.69) is 10.6 Å². The van der Waals surface area contributed by atoms with Crippen molar-refractivity contribution in [2.75, 3.05) is 13.7 Å². The number of urea groups is 1. The zero-order valence-corrected chi connectivity index (χ0v) is 14.9. The lowest BCUT2D eigenvalue weighted by Gasteiger charge is -2.18. The van der Waals surface area contributed by atoms with E-state index in [4.69, 9.17) is 9.47 Å². The molecule has 3 N–H and O–H groups in total. The van der Waals surface area contributed by atoms with Crippen LogP contribution in [0.3, 0.4) is 0 Å². The van der Waals surface area contributed by atoms with Gasteiger partial charge in [0.05, 0.1) is 7.11 Å². The van der Waals surface area contributed by atoms with Crippen molar-refractivity contribution in [1.82, 2.24) is 10.6 Å². The molecule has 0 radical (unpaired) electrons. The highest BCUT2D eigenvalue weighted by Gasteiger charge is 2.28. The summed E-state index contributed by atoms with van der Waals surface area (Å²) in [6.07, 6.45) is -1.38. The fourth-order valence-corrected chi connectivity index (χ4v) is 2.26. The summed E-state index contributed by atoms with van der Waals surface area (Å²) in [5.74, 6) is -1.74. The summed E-state index contributed by atoms with van der Waals surface area (Å²) in [5.41, 5.74) is 0.205. The Labute approximate surface area is 156 Å². The number of aromatic hydroxyl groups is 1. The van der Waals surface area contributed by atoms with E-state index in [1.165, 1.54) is 25.3 Å². The largest absolute Gasteiger partial charge is 0.507 e. The maximum Gasteiger partial charge on any atom is 0.343 e. The smallest absolute Gasteiger partial charge is 0.343 e.